The maximum atomic E-state index is 10.9. The molecule has 0 aliphatic rings. The molecule has 0 fully saturated rings. The van der Waals surface area contributed by atoms with Gasteiger partial charge in [0, 0.05) is 6.42 Å². The zero-order valence-corrected chi connectivity index (χ0v) is 12.8. The summed E-state index contributed by atoms with van der Waals surface area (Å²) in [6.07, 6.45) is 0.815. The Morgan fingerprint density at radius 2 is 2.20 bits per heavy atom. The van der Waals surface area contributed by atoms with Crippen LogP contribution in [0.25, 0.3) is 10.2 Å². The van der Waals surface area contributed by atoms with Crippen LogP contribution < -0.4 is 4.74 Å². The van der Waals surface area contributed by atoms with Crippen molar-refractivity contribution in [1.82, 2.24) is 4.98 Å². The second-order valence-corrected chi connectivity index (χ2v) is 6.70. The van der Waals surface area contributed by atoms with Crippen LogP contribution in [0.2, 0.25) is 0 Å². The zero-order chi connectivity index (χ0) is 14.8. The van der Waals surface area contributed by atoms with E-state index in [0.717, 1.165) is 21.0 Å². The van der Waals surface area contributed by atoms with Gasteiger partial charge in [0.25, 0.3) is 0 Å². The number of rotatable bonds is 6. The number of carbonyl (C=O) groups is 1. The summed E-state index contributed by atoms with van der Waals surface area (Å²) in [6.45, 7) is 6.51. The average molecular weight is 293 g/mol. The summed E-state index contributed by atoms with van der Waals surface area (Å²) in [7, 11) is 0. The predicted octanol–water partition coefficient (Wildman–Crippen LogP) is 3.74. The molecule has 0 aliphatic carbocycles. The Labute approximate surface area is 122 Å². The maximum absolute atomic E-state index is 10.9. The van der Waals surface area contributed by atoms with Crippen LogP contribution in [0.15, 0.2) is 18.2 Å². The maximum Gasteiger partial charge on any atom is 0.303 e. The fourth-order valence-electron chi connectivity index (χ4n) is 2.17. The number of thiazole rings is 1. The molecule has 0 unspecified atom stereocenters. The van der Waals surface area contributed by atoms with Crippen LogP contribution in [0.1, 0.15) is 32.2 Å². The summed E-state index contributed by atoms with van der Waals surface area (Å²) >= 11 is 1.61. The number of nitrogens with zero attached hydrogens (tertiary/aromatic N) is 1. The largest absolute Gasteiger partial charge is 0.494 e. The van der Waals surface area contributed by atoms with Crippen molar-refractivity contribution in [1.29, 1.82) is 0 Å². The highest BCUT2D eigenvalue weighted by molar-refractivity contribution is 7.18. The molecule has 1 aromatic carbocycles. The lowest BCUT2D eigenvalue weighted by molar-refractivity contribution is -0.139. The Morgan fingerprint density at radius 3 is 2.85 bits per heavy atom. The van der Waals surface area contributed by atoms with Crippen molar-refractivity contribution in [3.63, 3.8) is 0 Å². The van der Waals surface area contributed by atoms with Gasteiger partial charge >= 0.3 is 5.97 Å². The summed E-state index contributed by atoms with van der Waals surface area (Å²) in [4.78, 5) is 15.4. The highest BCUT2D eigenvalue weighted by Gasteiger charge is 2.24. The van der Waals surface area contributed by atoms with Crippen LogP contribution in [0.5, 0.6) is 5.75 Å². The van der Waals surface area contributed by atoms with Crippen molar-refractivity contribution in [3.8, 4) is 5.75 Å². The second-order valence-electron chi connectivity index (χ2n) is 5.58. The number of benzene rings is 1. The minimum atomic E-state index is -0.769. The number of ether oxygens (including phenoxy) is 1. The Morgan fingerprint density at radius 1 is 1.45 bits per heavy atom. The van der Waals surface area contributed by atoms with Crippen molar-refractivity contribution in [2.75, 3.05) is 6.61 Å². The van der Waals surface area contributed by atoms with Gasteiger partial charge in [-0.25, -0.2) is 4.98 Å². The van der Waals surface area contributed by atoms with Gasteiger partial charge in [0.1, 0.15) is 5.75 Å². The molecule has 1 heterocycles. The van der Waals surface area contributed by atoms with Gasteiger partial charge in [-0.2, -0.15) is 0 Å². The van der Waals surface area contributed by atoms with E-state index >= 15 is 0 Å². The van der Waals surface area contributed by atoms with Gasteiger partial charge in [-0.3, -0.25) is 4.79 Å². The zero-order valence-electron chi connectivity index (χ0n) is 12.0. The van der Waals surface area contributed by atoms with Crippen molar-refractivity contribution in [3.05, 3.63) is 23.2 Å². The lowest BCUT2D eigenvalue weighted by Gasteiger charge is -2.20. The molecule has 2 rings (SSSR count). The first kappa shape index (κ1) is 14.8. The lowest BCUT2D eigenvalue weighted by Crippen LogP contribution is -2.19. The molecule has 1 N–H and O–H groups in total. The van der Waals surface area contributed by atoms with E-state index in [1.807, 2.05) is 39.0 Å². The molecule has 0 amide bonds. The van der Waals surface area contributed by atoms with Gasteiger partial charge in [0.05, 0.1) is 28.3 Å². The number of aromatic nitrogens is 1. The highest BCUT2D eigenvalue weighted by Crippen LogP contribution is 2.32. The third-order valence-electron chi connectivity index (χ3n) is 2.97. The van der Waals surface area contributed by atoms with E-state index in [2.05, 4.69) is 4.98 Å². The van der Waals surface area contributed by atoms with E-state index in [-0.39, 0.29) is 11.8 Å². The fraction of sp³-hybridized carbons (Fsp3) is 0.467. The van der Waals surface area contributed by atoms with E-state index < -0.39 is 5.97 Å². The monoisotopic (exact) mass is 293 g/mol. The van der Waals surface area contributed by atoms with Gasteiger partial charge in [0.2, 0.25) is 0 Å². The van der Waals surface area contributed by atoms with Crippen LogP contribution in [0, 0.1) is 5.41 Å². The Kier molecular flexibility index (Phi) is 4.28. The van der Waals surface area contributed by atoms with Gasteiger partial charge < -0.3 is 9.84 Å². The quantitative estimate of drug-likeness (QED) is 0.881. The van der Waals surface area contributed by atoms with Crippen molar-refractivity contribution >= 4 is 27.5 Å². The molecular formula is C15H19NO3S. The number of hydrogen-bond acceptors (Lipinski definition) is 4. The van der Waals surface area contributed by atoms with E-state index in [9.17, 15) is 4.79 Å². The van der Waals surface area contributed by atoms with Crippen LogP contribution in [0.4, 0.5) is 0 Å². The van der Waals surface area contributed by atoms with Crippen molar-refractivity contribution in [2.45, 2.75) is 33.6 Å². The number of carboxylic acid groups (broad SMARTS) is 1. The topological polar surface area (TPSA) is 59.4 Å². The standard InChI is InChI=1S/C15H19NO3S/c1-4-19-10-5-6-11-12(7-10)20-13(16-11)8-15(2,3)9-14(17)18/h5-7H,4,8-9H2,1-3H3,(H,17,18). The fourth-order valence-corrected chi connectivity index (χ4v) is 3.42. The smallest absolute Gasteiger partial charge is 0.303 e. The third-order valence-corrected chi connectivity index (χ3v) is 3.99. The number of carboxylic acids is 1. The van der Waals surface area contributed by atoms with Crippen molar-refractivity contribution in [2.24, 2.45) is 5.41 Å². The molecule has 5 heteroatoms. The average Bonchev–Trinajstić information content (AvgIpc) is 2.67. The molecule has 0 bridgehead atoms. The van der Waals surface area contributed by atoms with Crippen LogP contribution in [0.3, 0.4) is 0 Å². The first-order chi connectivity index (χ1) is 9.39. The molecular weight excluding hydrogens is 274 g/mol. The SMILES string of the molecule is CCOc1ccc2nc(CC(C)(C)CC(=O)O)sc2c1. The van der Waals surface area contributed by atoms with Gasteiger partial charge in [-0.1, -0.05) is 13.8 Å². The highest BCUT2D eigenvalue weighted by atomic mass is 32.1. The molecule has 1 aromatic heterocycles. The summed E-state index contributed by atoms with van der Waals surface area (Å²) in [5.74, 6) is 0.0785. The number of aliphatic carboxylic acids is 1. The number of hydrogen-bond donors (Lipinski definition) is 1. The molecule has 0 atom stereocenters. The summed E-state index contributed by atoms with van der Waals surface area (Å²) < 4.78 is 6.56. The molecule has 0 aliphatic heterocycles. The van der Waals surface area contributed by atoms with E-state index in [1.165, 1.54) is 0 Å². The molecule has 2 aromatic rings. The summed E-state index contributed by atoms with van der Waals surface area (Å²) in [5, 5.41) is 9.90. The Balaban J connectivity index is 2.21. The third kappa shape index (κ3) is 3.70. The normalized spacial score (nSPS) is 11.8. The van der Waals surface area contributed by atoms with E-state index in [4.69, 9.17) is 9.84 Å². The van der Waals surface area contributed by atoms with Gasteiger partial charge in [-0.15, -0.1) is 11.3 Å². The molecule has 0 radical (unpaired) electrons. The molecule has 0 saturated carbocycles. The van der Waals surface area contributed by atoms with Crippen molar-refractivity contribution < 1.29 is 14.6 Å². The minimum absolute atomic E-state index is 0.146. The second kappa shape index (κ2) is 5.79. The first-order valence-corrected chi connectivity index (χ1v) is 7.45. The minimum Gasteiger partial charge on any atom is -0.494 e. The molecule has 0 saturated heterocycles. The summed E-state index contributed by atoms with van der Waals surface area (Å²) in [6, 6.07) is 5.85. The molecule has 0 spiro atoms. The predicted molar refractivity (Wildman–Crippen MR) is 80.5 cm³/mol. The molecule has 4 nitrogen and oxygen atoms in total. The van der Waals surface area contributed by atoms with Gasteiger partial charge in [-0.05, 0) is 30.5 Å². The molecule has 108 valence electrons. The van der Waals surface area contributed by atoms with Crippen LogP contribution in [-0.4, -0.2) is 22.7 Å². The first-order valence-electron chi connectivity index (χ1n) is 6.64. The van der Waals surface area contributed by atoms with Crippen LogP contribution >= 0.6 is 11.3 Å². The van der Waals surface area contributed by atoms with E-state index in [1.54, 1.807) is 11.3 Å². The van der Waals surface area contributed by atoms with Crippen LogP contribution in [-0.2, 0) is 11.2 Å². The Hall–Kier alpha value is -1.62. The van der Waals surface area contributed by atoms with E-state index in [0.29, 0.717) is 13.0 Å². The lowest BCUT2D eigenvalue weighted by atomic mass is 9.86. The molecule has 20 heavy (non-hydrogen) atoms. The van der Waals surface area contributed by atoms with Gasteiger partial charge in [0.15, 0.2) is 0 Å². The number of fused-ring (bicyclic) bond motifs is 1. The Bertz CT molecular complexity index is 619. The summed E-state index contributed by atoms with van der Waals surface area (Å²) in [5.41, 5.74) is 0.655.